The maximum absolute atomic E-state index is 12.2. The zero-order valence-corrected chi connectivity index (χ0v) is 14.8. The number of ether oxygens (including phenoxy) is 2. The standard InChI is InChI=1S/C20H21N3O4/c24-19-10-14(12-23(19)15-6-2-1-3-7-15)22-20(25)21-11-16-13-26-17-8-4-5-9-18(17)27-16/h1-9,14,16H,10-13H2,(H2,21,22,25)/t14-,16+/m0/s1. The molecule has 2 aromatic rings. The summed E-state index contributed by atoms with van der Waals surface area (Å²) in [6.07, 6.45) is 0.0373. The summed E-state index contributed by atoms with van der Waals surface area (Å²) in [7, 11) is 0. The maximum Gasteiger partial charge on any atom is 0.315 e. The molecule has 7 nitrogen and oxygen atoms in total. The van der Waals surface area contributed by atoms with Gasteiger partial charge in [0.1, 0.15) is 6.61 Å². The molecule has 2 aliphatic rings. The molecule has 0 aromatic heterocycles. The highest BCUT2D eigenvalue weighted by Gasteiger charge is 2.31. The highest BCUT2D eigenvalue weighted by atomic mass is 16.6. The highest BCUT2D eigenvalue weighted by molar-refractivity contribution is 5.96. The molecule has 27 heavy (non-hydrogen) atoms. The SMILES string of the molecule is O=C(NC[C@@H]1COc2ccccc2O1)N[C@H]1CC(=O)N(c2ccccc2)C1. The third-order valence-corrected chi connectivity index (χ3v) is 4.59. The smallest absolute Gasteiger partial charge is 0.315 e. The number of fused-ring (bicyclic) bond motifs is 1. The summed E-state index contributed by atoms with van der Waals surface area (Å²) >= 11 is 0. The van der Waals surface area contributed by atoms with Gasteiger partial charge in [0.15, 0.2) is 17.6 Å². The van der Waals surface area contributed by atoms with Crippen LogP contribution in [0.2, 0.25) is 0 Å². The van der Waals surface area contributed by atoms with Crippen LogP contribution in [0.4, 0.5) is 10.5 Å². The van der Waals surface area contributed by atoms with Gasteiger partial charge in [0, 0.05) is 18.7 Å². The Labute approximate surface area is 157 Å². The minimum Gasteiger partial charge on any atom is -0.486 e. The van der Waals surface area contributed by atoms with E-state index < -0.39 is 0 Å². The van der Waals surface area contributed by atoms with E-state index in [9.17, 15) is 9.59 Å². The van der Waals surface area contributed by atoms with E-state index in [1.54, 1.807) is 4.90 Å². The van der Waals surface area contributed by atoms with Crippen LogP contribution in [0.3, 0.4) is 0 Å². The first-order valence-corrected chi connectivity index (χ1v) is 8.97. The molecule has 140 valence electrons. The minimum atomic E-state index is -0.315. The summed E-state index contributed by atoms with van der Waals surface area (Å²) in [5.74, 6) is 1.40. The van der Waals surface area contributed by atoms with Crippen LogP contribution in [0.15, 0.2) is 54.6 Å². The van der Waals surface area contributed by atoms with Crippen LogP contribution < -0.4 is 25.0 Å². The zero-order chi connectivity index (χ0) is 18.6. The topological polar surface area (TPSA) is 79.9 Å². The normalized spacial score (nSPS) is 21.0. The number of anilines is 1. The van der Waals surface area contributed by atoms with Gasteiger partial charge in [-0.15, -0.1) is 0 Å². The number of benzene rings is 2. The van der Waals surface area contributed by atoms with Crippen molar-refractivity contribution in [2.45, 2.75) is 18.6 Å². The molecule has 7 heteroatoms. The molecular weight excluding hydrogens is 346 g/mol. The Morgan fingerprint density at radius 3 is 2.63 bits per heavy atom. The molecule has 0 radical (unpaired) electrons. The second-order valence-corrected chi connectivity index (χ2v) is 6.59. The van der Waals surface area contributed by atoms with Gasteiger partial charge in [-0.05, 0) is 24.3 Å². The maximum atomic E-state index is 12.2. The number of nitrogens with zero attached hydrogens (tertiary/aromatic N) is 1. The summed E-state index contributed by atoms with van der Waals surface area (Å²) < 4.78 is 11.4. The summed E-state index contributed by atoms with van der Waals surface area (Å²) in [6.45, 7) is 1.16. The zero-order valence-electron chi connectivity index (χ0n) is 14.8. The average Bonchev–Trinajstić information content (AvgIpc) is 3.07. The van der Waals surface area contributed by atoms with E-state index in [4.69, 9.17) is 9.47 Å². The lowest BCUT2D eigenvalue weighted by Gasteiger charge is -2.26. The number of amides is 3. The molecule has 0 aliphatic carbocycles. The fourth-order valence-electron chi connectivity index (χ4n) is 3.27. The Morgan fingerprint density at radius 2 is 1.81 bits per heavy atom. The molecule has 0 saturated carbocycles. The Bertz CT molecular complexity index is 827. The fourth-order valence-corrected chi connectivity index (χ4v) is 3.27. The average molecular weight is 367 g/mol. The molecule has 2 atom stereocenters. The Balaban J connectivity index is 1.25. The van der Waals surface area contributed by atoms with Crippen molar-refractivity contribution in [1.82, 2.24) is 10.6 Å². The molecule has 0 unspecified atom stereocenters. The number of rotatable bonds is 4. The Morgan fingerprint density at radius 1 is 1.07 bits per heavy atom. The monoisotopic (exact) mass is 367 g/mol. The fraction of sp³-hybridized carbons (Fsp3) is 0.300. The van der Waals surface area contributed by atoms with Crippen molar-refractivity contribution in [2.75, 3.05) is 24.6 Å². The lowest BCUT2D eigenvalue weighted by molar-refractivity contribution is -0.117. The number of nitrogens with one attached hydrogen (secondary N) is 2. The number of urea groups is 1. The van der Waals surface area contributed by atoms with Gasteiger partial charge in [0.05, 0.1) is 12.6 Å². The number of carbonyl (C=O) groups is 2. The van der Waals surface area contributed by atoms with Gasteiger partial charge in [0.25, 0.3) is 0 Å². The third kappa shape index (κ3) is 3.97. The predicted molar refractivity (Wildman–Crippen MR) is 100 cm³/mol. The predicted octanol–water partition coefficient (Wildman–Crippen LogP) is 1.93. The van der Waals surface area contributed by atoms with Gasteiger partial charge in [-0.2, -0.15) is 0 Å². The van der Waals surface area contributed by atoms with Gasteiger partial charge in [-0.25, -0.2) is 4.79 Å². The van der Waals surface area contributed by atoms with Crippen molar-refractivity contribution in [2.24, 2.45) is 0 Å². The van der Waals surface area contributed by atoms with Gasteiger partial charge in [-0.3, -0.25) is 4.79 Å². The van der Waals surface area contributed by atoms with Crippen LogP contribution in [-0.4, -0.2) is 43.8 Å². The second kappa shape index (κ2) is 7.57. The quantitative estimate of drug-likeness (QED) is 0.865. The van der Waals surface area contributed by atoms with Crippen molar-refractivity contribution < 1.29 is 19.1 Å². The Hall–Kier alpha value is -3.22. The van der Waals surface area contributed by atoms with E-state index in [1.165, 1.54) is 0 Å². The van der Waals surface area contributed by atoms with Gasteiger partial charge in [-0.1, -0.05) is 30.3 Å². The van der Waals surface area contributed by atoms with E-state index in [2.05, 4.69) is 10.6 Å². The molecule has 1 fully saturated rings. The number of carbonyl (C=O) groups excluding carboxylic acids is 2. The number of para-hydroxylation sites is 3. The van der Waals surface area contributed by atoms with Crippen molar-refractivity contribution in [3.05, 3.63) is 54.6 Å². The molecule has 0 spiro atoms. The molecule has 3 amide bonds. The van der Waals surface area contributed by atoms with E-state index in [1.807, 2.05) is 54.6 Å². The molecule has 2 aromatic carbocycles. The number of hydrogen-bond donors (Lipinski definition) is 2. The number of hydrogen-bond acceptors (Lipinski definition) is 4. The first kappa shape index (κ1) is 17.2. The third-order valence-electron chi connectivity index (χ3n) is 4.59. The van der Waals surface area contributed by atoms with E-state index in [0.717, 1.165) is 5.69 Å². The summed E-state index contributed by atoms with van der Waals surface area (Å²) in [5, 5.41) is 5.65. The van der Waals surface area contributed by atoms with Crippen molar-refractivity contribution in [3.63, 3.8) is 0 Å². The van der Waals surface area contributed by atoms with Gasteiger partial charge < -0.3 is 25.0 Å². The van der Waals surface area contributed by atoms with Crippen LogP contribution in [0.25, 0.3) is 0 Å². The Kier molecular flexibility index (Phi) is 4.82. The van der Waals surface area contributed by atoms with Crippen molar-refractivity contribution in [3.8, 4) is 11.5 Å². The molecule has 2 heterocycles. The molecule has 0 bridgehead atoms. The molecule has 2 N–H and O–H groups in total. The molecular formula is C20H21N3O4. The molecule has 4 rings (SSSR count). The van der Waals surface area contributed by atoms with Gasteiger partial charge >= 0.3 is 6.03 Å². The van der Waals surface area contributed by atoms with Crippen molar-refractivity contribution >= 4 is 17.6 Å². The van der Waals surface area contributed by atoms with Crippen LogP contribution in [0, 0.1) is 0 Å². The first-order valence-electron chi connectivity index (χ1n) is 8.97. The summed E-state index contributed by atoms with van der Waals surface area (Å²) in [4.78, 5) is 26.1. The first-order chi connectivity index (χ1) is 13.2. The highest BCUT2D eigenvalue weighted by Crippen LogP contribution is 2.30. The van der Waals surface area contributed by atoms with Crippen LogP contribution in [0.1, 0.15) is 6.42 Å². The lowest BCUT2D eigenvalue weighted by Crippen LogP contribution is -2.47. The van der Waals surface area contributed by atoms with E-state index in [-0.39, 0.29) is 24.1 Å². The molecule has 2 aliphatic heterocycles. The van der Waals surface area contributed by atoms with Crippen molar-refractivity contribution in [1.29, 1.82) is 0 Å². The van der Waals surface area contributed by atoms with Gasteiger partial charge in [0.2, 0.25) is 5.91 Å². The summed E-state index contributed by atoms with van der Waals surface area (Å²) in [5.41, 5.74) is 0.846. The lowest BCUT2D eigenvalue weighted by atomic mass is 10.2. The van der Waals surface area contributed by atoms with E-state index in [0.29, 0.717) is 37.6 Å². The largest absolute Gasteiger partial charge is 0.486 e. The second-order valence-electron chi connectivity index (χ2n) is 6.59. The molecule has 1 saturated heterocycles. The minimum absolute atomic E-state index is 0.00659. The van der Waals surface area contributed by atoms with E-state index >= 15 is 0 Å². The van der Waals surface area contributed by atoms with Crippen LogP contribution >= 0.6 is 0 Å². The van der Waals surface area contributed by atoms with Crippen LogP contribution in [0.5, 0.6) is 11.5 Å². The summed E-state index contributed by atoms with van der Waals surface area (Å²) in [6, 6.07) is 16.4. The van der Waals surface area contributed by atoms with Crippen LogP contribution in [-0.2, 0) is 4.79 Å².